The lowest BCUT2D eigenvalue weighted by molar-refractivity contribution is 0.211. The molecule has 4 aromatic carbocycles. The molecule has 0 atom stereocenters. The number of sulfonamides is 1. The van der Waals surface area contributed by atoms with Crippen LogP contribution in [0.15, 0.2) is 93.0 Å². The standard InChI is InChI=1S/C26H19NO6S2/c1-16-12-13-23(17(2)14-16)35(30,31)27(25(28)32-18-8-4-3-5-9-18)21-15-22-24(33-26(29)34-22)20-11-7-6-10-19(20)21/h3-15H,1-2H3. The molecule has 0 unspecified atom stereocenters. The first kappa shape index (κ1) is 22.8. The van der Waals surface area contributed by atoms with Crippen molar-refractivity contribution < 1.29 is 22.4 Å². The van der Waals surface area contributed by atoms with E-state index in [2.05, 4.69) is 0 Å². The molecule has 0 spiro atoms. The van der Waals surface area contributed by atoms with Crippen molar-refractivity contribution in [2.45, 2.75) is 18.7 Å². The monoisotopic (exact) mass is 505 g/mol. The summed E-state index contributed by atoms with van der Waals surface area (Å²) in [5, 5.41) is 0.923. The first-order chi connectivity index (χ1) is 16.8. The molecule has 1 aromatic heterocycles. The lowest BCUT2D eigenvalue weighted by Gasteiger charge is -2.24. The number of fused-ring (bicyclic) bond motifs is 3. The quantitative estimate of drug-likeness (QED) is 0.297. The molecule has 0 saturated carbocycles. The second kappa shape index (κ2) is 8.68. The first-order valence-electron chi connectivity index (χ1n) is 10.6. The second-order valence-electron chi connectivity index (χ2n) is 7.94. The molecular formula is C26H19NO6S2. The van der Waals surface area contributed by atoms with E-state index in [-0.39, 0.29) is 16.3 Å². The van der Waals surface area contributed by atoms with Crippen molar-refractivity contribution in [3.8, 4) is 5.75 Å². The normalized spacial score (nSPS) is 11.6. The Morgan fingerprint density at radius 2 is 1.60 bits per heavy atom. The van der Waals surface area contributed by atoms with E-state index in [0.29, 0.717) is 30.9 Å². The number of ether oxygens (including phenoxy) is 1. The van der Waals surface area contributed by atoms with Gasteiger partial charge in [-0.25, -0.2) is 18.0 Å². The van der Waals surface area contributed by atoms with Crippen LogP contribution < -0.4 is 14.0 Å². The van der Waals surface area contributed by atoms with E-state index in [4.69, 9.17) is 9.15 Å². The van der Waals surface area contributed by atoms with E-state index >= 15 is 0 Å². The van der Waals surface area contributed by atoms with Crippen LogP contribution in [0.3, 0.4) is 0 Å². The summed E-state index contributed by atoms with van der Waals surface area (Å²) in [4.78, 5) is 25.0. The molecule has 0 aliphatic carbocycles. The number of carbonyl (C=O) groups is 1. The minimum Gasteiger partial charge on any atom is -0.413 e. The van der Waals surface area contributed by atoms with Crippen LogP contribution >= 0.6 is 11.3 Å². The largest absolute Gasteiger partial charge is 0.434 e. The predicted octanol–water partition coefficient (Wildman–Crippen LogP) is 6.02. The van der Waals surface area contributed by atoms with Gasteiger partial charge in [0, 0.05) is 10.8 Å². The predicted molar refractivity (Wildman–Crippen MR) is 136 cm³/mol. The Morgan fingerprint density at radius 3 is 2.31 bits per heavy atom. The summed E-state index contributed by atoms with van der Waals surface area (Å²) < 4.78 is 40.0. The van der Waals surface area contributed by atoms with Gasteiger partial charge in [0.2, 0.25) is 0 Å². The van der Waals surface area contributed by atoms with E-state index in [0.717, 1.165) is 16.9 Å². The third-order valence-electron chi connectivity index (χ3n) is 5.50. The van der Waals surface area contributed by atoms with Crippen molar-refractivity contribution in [1.29, 1.82) is 0 Å². The van der Waals surface area contributed by atoms with Crippen molar-refractivity contribution in [3.63, 3.8) is 0 Å². The maximum absolute atomic E-state index is 14.0. The fourth-order valence-corrected chi connectivity index (χ4v) is 6.26. The van der Waals surface area contributed by atoms with Gasteiger partial charge in [-0.2, -0.15) is 4.31 Å². The number of amides is 1. The fourth-order valence-electron chi connectivity index (χ4n) is 3.99. The van der Waals surface area contributed by atoms with Crippen LogP contribution in [0.2, 0.25) is 0 Å². The minimum atomic E-state index is -4.42. The summed E-state index contributed by atoms with van der Waals surface area (Å²) in [7, 11) is -4.42. The summed E-state index contributed by atoms with van der Waals surface area (Å²) in [5.74, 6) is 0.191. The van der Waals surface area contributed by atoms with Crippen molar-refractivity contribution in [3.05, 3.63) is 99.7 Å². The molecule has 7 nitrogen and oxygen atoms in total. The van der Waals surface area contributed by atoms with E-state index < -0.39 is 21.1 Å². The van der Waals surface area contributed by atoms with Gasteiger partial charge in [-0.15, -0.1) is 0 Å². The van der Waals surface area contributed by atoms with E-state index in [9.17, 15) is 18.0 Å². The zero-order valence-corrected chi connectivity index (χ0v) is 20.4. The second-order valence-corrected chi connectivity index (χ2v) is 10.7. The van der Waals surface area contributed by atoms with Crippen molar-refractivity contribution in [2.75, 3.05) is 4.31 Å². The van der Waals surface area contributed by atoms with Gasteiger partial charge < -0.3 is 9.15 Å². The number of carbonyl (C=O) groups excluding carboxylic acids is 1. The number of hydrogen-bond donors (Lipinski definition) is 0. The molecule has 5 aromatic rings. The highest BCUT2D eigenvalue weighted by Gasteiger charge is 2.35. The molecule has 1 amide bonds. The van der Waals surface area contributed by atoms with E-state index in [1.165, 1.54) is 12.1 Å². The molecule has 0 bridgehead atoms. The summed E-state index contributed by atoms with van der Waals surface area (Å²) in [5.41, 5.74) is 1.77. The number of anilines is 1. The summed E-state index contributed by atoms with van der Waals surface area (Å²) >= 11 is 0.830. The molecule has 0 radical (unpaired) electrons. The third kappa shape index (κ3) is 4.09. The zero-order valence-electron chi connectivity index (χ0n) is 18.7. The highest BCUT2D eigenvalue weighted by Crippen LogP contribution is 2.38. The van der Waals surface area contributed by atoms with Crippen molar-refractivity contribution >= 4 is 54.2 Å². The summed E-state index contributed by atoms with van der Waals surface area (Å²) in [6.45, 7) is 3.52. The van der Waals surface area contributed by atoms with Gasteiger partial charge in [0.05, 0.1) is 15.3 Å². The molecule has 0 aliphatic rings. The molecule has 5 rings (SSSR count). The van der Waals surface area contributed by atoms with Crippen LogP contribution in [0.4, 0.5) is 10.5 Å². The van der Waals surface area contributed by atoms with Crippen LogP contribution in [0, 0.1) is 13.8 Å². The number of nitrogens with zero attached hydrogens (tertiary/aromatic N) is 1. The number of benzene rings is 4. The highest BCUT2D eigenvalue weighted by atomic mass is 32.2. The van der Waals surface area contributed by atoms with Crippen LogP contribution in [-0.2, 0) is 10.0 Å². The molecule has 1 heterocycles. The molecule has 0 fully saturated rings. The van der Waals surface area contributed by atoms with Crippen molar-refractivity contribution in [2.24, 2.45) is 0 Å². The molecule has 0 N–H and O–H groups in total. The van der Waals surface area contributed by atoms with Gasteiger partial charge in [-0.3, -0.25) is 0 Å². The smallest absolute Gasteiger partial charge is 0.413 e. The Kier molecular flexibility index (Phi) is 5.66. The Morgan fingerprint density at radius 1 is 0.914 bits per heavy atom. The Balaban J connectivity index is 1.79. The maximum Gasteiger partial charge on any atom is 0.434 e. The number of para-hydroxylation sites is 1. The number of hydrogen-bond acceptors (Lipinski definition) is 7. The SMILES string of the molecule is Cc1ccc(S(=O)(=O)N(C(=O)Oc2ccccc2)c2cc3sc(=O)oc3c3ccccc23)c(C)c1. The molecule has 176 valence electrons. The average Bonchev–Trinajstić information content (AvgIpc) is 3.20. The van der Waals surface area contributed by atoms with Crippen molar-refractivity contribution in [1.82, 2.24) is 0 Å². The van der Waals surface area contributed by atoms with Crippen LogP contribution in [0.5, 0.6) is 5.75 Å². The number of aryl methyl sites for hydroxylation is 2. The highest BCUT2D eigenvalue weighted by molar-refractivity contribution is 7.93. The third-order valence-corrected chi connectivity index (χ3v) is 8.11. The van der Waals surface area contributed by atoms with Gasteiger partial charge >= 0.3 is 11.0 Å². The topological polar surface area (TPSA) is 93.9 Å². The Hall–Kier alpha value is -3.95. The van der Waals surface area contributed by atoms with E-state index in [1.54, 1.807) is 73.7 Å². The zero-order chi connectivity index (χ0) is 24.7. The summed E-state index contributed by atoms with van der Waals surface area (Å²) in [6.07, 6.45) is -1.10. The molecule has 9 heteroatoms. The van der Waals surface area contributed by atoms with E-state index in [1.807, 2.05) is 6.92 Å². The lowest BCUT2D eigenvalue weighted by atomic mass is 10.1. The first-order valence-corrected chi connectivity index (χ1v) is 12.9. The molecule has 35 heavy (non-hydrogen) atoms. The fraction of sp³-hybridized carbons (Fsp3) is 0.0769. The maximum atomic E-state index is 14.0. The van der Waals surface area contributed by atoms with Gasteiger partial charge in [-0.1, -0.05) is 71.5 Å². The Labute approximate surface area is 204 Å². The minimum absolute atomic E-state index is 0.0299. The number of rotatable bonds is 4. The van der Waals surface area contributed by atoms with Crippen LogP contribution in [0.25, 0.3) is 21.1 Å². The van der Waals surface area contributed by atoms with Crippen LogP contribution in [0.1, 0.15) is 11.1 Å². The van der Waals surface area contributed by atoms with Crippen LogP contribution in [-0.4, -0.2) is 14.5 Å². The lowest BCUT2D eigenvalue weighted by Crippen LogP contribution is -2.39. The average molecular weight is 506 g/mol. The van der Waals surface area contributed by atoms with Gasteiger partial charge in [0.1, 0.15) is 5.75 Å². The summed E-state index contributed by atoms with van der Waals surface area (Å²) in [6, 6.07) is 21.4. The molecular weight excluding hydrogens is 486 g/mol. The Bertz CT molecular complexity index is 1750. The van der Waals surface area contributed by atoms with Gasteiger partial charge in [0.15, 0.2) is 5.58 Å². The molecule has 0 aliphatic heterocycles. The molecule has 0 saturated heterocycles. The van der Waals surface area contributed by atoms with Gasteiger partial charge in [-0.05, 0) is 43.7 Å². The van der Waals surface area contributed by atoms with Gasteiger partial charge in [0.25, 0.3) is 10.0 Å².